The van der Waals surface area contributed by atoms with Gasteiger partial charge in [-0.3, -0.25) is 4.79 Å². The fourth-order valence-corrected chi connectivity index (χ4v) is 3.03. The van der Waals surface area contributed by atoms with E-state index in [1.165, 1.54) is 6.08 Å². The van der Waals surface area contributed by atoms with Crippen molar-refractivity contribution in [2.75, 3.05) is 23.7 Å². The quantitative estimate of drug-likeness (QED) is 0.746. The van der Waals surface area contributed by atoms with E-state index in [1.807, 2.05) is 6.07 Å². The second-order valence-electron chi connectivity index (χ2n) is 6.00. The molecule has 1 aromatic heterocycles. The number of halogens is 2. The number of hydrogen-bond acceptors (Lipinski definition) is 5. The minimum Gasteiger partial charge on any atom is -0.363 e. The van der Waals surface area contributed by atoms with Crippen LogP contribution in [0.2, 0.25) is 5.02 Å². The van der Waals surface area contributed by atoms with E-state index in [0.717, 1.165) is 19.0 Å². The highest BCUT2D eigenvalue weighted by molar-refractivity contribution is 6.30. The standard InChI is InChI=1S/C18H19ClFN5O.CH4/c1-2-16(26)25-8-4-7-14(11-25)22-17-15(20)10-21-18(24-17)23-13-6-3-5-12(19)9-13;/h2-3,5-6,9-10,14H,1,4,7-8,11H2,(H2,21,22,23,24);1H4/t14-;/m1./s1. The van der Waals surface area contributed by atoms with Crippen LogP contribution in [0.3, 0.4) is 0 Å². The van der Waals surface area contributed by atoms with Crippen molar-refractivity contribution in [3.8, 4) is 0 Å². The zero-order valence-corrected chi connectivity index (χ0v) is 14.8. The van der Waals surface area contributed by atoms with Crippen molar-refractivity contribution in [3.63, 3.8) is 0 Å². The second kappa shape index (κ2) is 9.32. The van der Waals surface area contributed by atoms with E-state index in [2.05, 4.69) is 27.2 Å². The molecule has 6 nitrogen and oxygen atoms in total. The highest BCUT2D eigenvalue weighted by Gasteiger charge is 2.23. The van der Waals surface area contributed by atoms with Gasteiger partial charge < -0.3 is 15.5 Å². The van der Waals surface area contributed by atoms with E-state index in [9.17, 15) is 9.18 Å². The maximum absolute atomic E-state index is 14.1. The lowest BCUT2D eigenvalue weighted by Gasteiger charge is -2.32. The summed E-state index contributed by atoms with van der Waals surface area (Å²) in [6, 6.07) is 6.99. The summed E-state index contributed by atoms with van der Waals surface area (Å²) in [5.74, 6) is -0.315. The van der Waals surface area contributed by atoms with Crippen LogP contribution in [0.5, 0.6) is 0 Å². The molecule has 0 aliphatic carbocycles. The predicted octanol–water partition coefficient (Wildman–Crippen LogP) is 4.24. The zero-order valence-electron chi connectivity index (χ0n) is 14.1. The number of benzene rings is 1. The molecule has 0 bridgehead atoms. The SMILES string of the molecule is C.C=CC(=O)N1CCC[C@@H](Nc2nc(Nc3cccc(Cl)c3)ncc2F)C1. The topological polar surface area (TPSA) is 70.2 Å². The van der Waals surface area contributed by atoms with Crippen LogP contribution in [-0.2, 0) is 4.79 Å². The van der Waals surface area contributed by atoms with Crippen molar-refractivity contribution in [2.45, 2.75) is 26.3 Å². The van der Waals surface area contributed by atoms with Crippen LogP contribution in [0.1, 0.15) is 20.3 Å². The molecule has 0 spiro atoms. The first kappa shape index (κ1) is 20.6. The highest BCUT2D eigenvalue weighted by atomic mass is 35.5. The van der Waals surface area contributed by atoms with Crippen LogP contribution in [0.25, 0.3) is 0 Å². The summed E-state index contributed by atoms with van der Waals surface area (Å²) >= 11 is 5.96. The van der Waals surface area contributed by atoms with Gasteiger partial charge in [-0.1, -0.05) is 31.7 Å². The van der Waals surface area contributed by atoms with Gasteiger partial charge in [-0.05, 0) is 37.1 Å². The maximum Gasteiger partial charge on any atom is 0.246 e. The lowest BCUT2D eigenvalue weighted by Crippen LogP contribution is -2.44. The Morgan fingerprint density at radius 3 is 3.00 bits per heavy atom. The Hall–Kier alpha value is -2.67. The van der Waals surface area contributed by atoms with Gasteiger partial charge in [0.1, 0.15) is 0 Å². The number of piperidine rings is 1. The Bertz CT molecular complexity index is 816. The normalized spacial score (nSPS) is 16.2. The van der Waals surface area contributed by atoms with E-state index >= 15 is 0 Å². The van der Waals surface area contributed by atoms with Crippen LogP contribution in [0, 0.1) is 5.82 Å². The molecule has 1 atom stereocenters. The van der Waals surface area contributed by atoms with E-state index in [1.54, 1.807) is 23.1 Å². The summed E-state index contributed by atoms with van der Waals surface area (Å²) in [7, 11) is 0. The minimum absolute atomic E-state index is 0. The largest absolute Gasteiger partial charge is 0.363 e. The molecule has 1 aliphatic heterocycles. The van der Waals surface area contributed by atoms with Crippen molar-refractivity contribution in [2.24, 2.45) is 0 Å². The van der Waals surface area contributed by atoms with Crippen LogP contribution in [0.4, 0.5) is 21.8 Å². The Morgan fingerprint density at radius 2 is 2.26 bits per heavy atom. The molecule has 27 heavy (non-hydrogen) atoms. The minimum atomic E-state index is -0.547. The van der Waals surface area contributed by atoms with Gasteiger partial charge in [0.05, 0.1) is 6.20 Å². The summed E-state index contributed by atoms with van der Waals surface area (Å²) in [5, 5.41) is 6.64. The molecule has 1 saturated heterocycles. The molecule has 2 N–H and O–H groups in total. The van der Waals surface area contributed by atoms with Crippen LogP contribution in [0.15, 0.2) is 43.1 Å². The number of hydrogen-bond donors (Lipinski definition) is 2. The number of carbonyl (C=O) groups excluding carboxylic acids is 1. The summed E-state index contributed by atoms with van der Waals surface area (Å²) in [6.45, 7) is 4.66. The third-order valence-corrected chi connectivity index (χ3v) is 4.31. The molecular formula is C19H23ClFN5O. The van der Waals surface area contributed by atoms with Gasteiger partial charge in [-0.15, -0.1) is 0 Å². The van der Waals surface area contributed by atoms with Gasteiger partial charge in [0.25, 0.3) is 0 Å². The van der Waals surface area contributed by atoms with Crippen molar-refractivity contribution in [3.05, 3.63) is 54.0 Å². The Labute approximate surface area is 163 Å². The summed E-state index contributed by atoms with van der Waals surface area (Å²) in [6.07, 6.45) is 4.05. The molecule has 0 saturated carbocycles. The number of nitrogens with one attached hydrogen (secondary N) is 2. The predicted molar refractivity (Wildman–Crippen MR) is 107 cm³/mol. The molecule has 3 rings (SSSR count). The van der Waals surface area contributed by atoms with Crippen LogP contribution >= 0.6 is 11.6 Å². The third-order valence-electron chi connectivity index (χ3n) is 4.07. The van der Waals surface area contributed by atoms with E-state index in [0.29, 0.717) is 23.8 Å². The second-order valence-corrected chi connectivity index (χ2v) is 6.43. The van der Waals surface area contributed by atoms with E-state index in [-0.39, 0.29) is 31.1 Å². The van der Waals surface area contributed by atoms with Crippen molar-refractivity contribution >= 4 is 35.0 Å². The number of carbonyl (C=O) groups is 1. The first-order valence-electron chi connectivity index (χ1n) is 8.28. The number of rotatable bonds is 5. The maximum atomic E-state index is 14.1. The molecule has 8 heteroatoms. The van der Waals surface area contributed by atoms with Gasteiger partial charge in [-0.25, -0.2) is 9.37 Å². The average molecular weight is 392 g/mol. The number of aromatic nitrogens is 2. The molecule has 144 valence electrons. The van der Waals surface area contributed by atoms with E-state index in [4.69, 9.17) is 11.6 Å². The Morgan fingerprint density at radius 1 is 1.44 bits per heavy atom. The lowest BCUT2D eigenvalue weighted by atomic mass is 10.1. The van der Waals surface area contributed by atoms with Crippen LogP contribution < -0.4 is 10.6 Å². The summed E-state index contributed by atoms with van der Waals surface area (Å²) in [5.41, 5.74) is 0.704. The van der Waals surface area contributed by atoms with Gasteiger partial charge in [0.2, 0.25) is 11.9 Å². The highest BCUT2D eigenvalue weighted by Crippen LogP contribution is 2.21. The van der Waals surface area contributed by atoms with Gasteiger partial charge >= 0.3 is 0 Å². The Balaban J connectivity index is 0.00000261. The summed E-state index contributed by atoms with van der Waals surface area (Å²) < 4.78 is 14.1. The fraction of sp³-hybridized carbons (Fsp3) is 0.316. The molecule has 0 unspecified atom stereocenters. The smallest absolute Gasteiger partial charge is 0.246 e. The van der Waals surface area contributed by atoms with Crippen LogP contribution in [-0.4, -0.2) is 39.9 Å². The van der Waals surface area contributed by atoms with Crippen molar-refractivity contribution < 1.29 is 9.18 Å². The number of nitrogens with zero attached hydrogens (tertiary/aromatic N) is 3. The van der Waals surface area contributed by atoms with Gasteiger partial charge in [-0.2, -0.15) is 4.98 Å². The number of amides is 1. The molecule has 1 aromatic carbocycles. The average Bonchev–Trinajstić information content (AvgIpc) is 2.64. The lowest BCUT2D eigenvalue weighted by molar-refractivity contribution is -0.127. The molecule has 2 heterocycles. The van der Waals surface area contributed by atoms with E-state index < -0.39 is 5.82 Å². The summed E-state index contributed by atoms with van der Waals surface area (Å²) in [4.78, 5) is 21.6. The first-order chi connectivity index (χ1) is 12.5. The Kier molecular flexibility index (Phi) is 7.12. The molecule has 0 radical (unpaired) electrons. The van der Waals surface area contributed by atoms with Crippen molar-refractivity contribution in [1.82, 2.24) is 14.9 Å². The number of anilines is 3. The number of likely N-dealkylation sites (tertiary alicyclic amines) is 1. The van der Waals surface area contributed by atoms with Gasteiger partial charge in [0, 0.05) is 29.8 Å². The monoisotopic (exact) mass is 391 g/mol. The van der Waals surface area contributed by atoms with Crippen molar-refractivity contribution in [1.29, 1.82) is 0 Å². The fourth-order valence-electron chi connectivity index (χ4n) is 2.84. The first-order valence-corrected chi connectivity index (χ1v) is 8.66. The molecule has 1 amide bonds. The van der Waals surface area contributed by atoms with Gasteiger partial charge in [0.15, 0.2) is 11.6 Å². The molecule has 1 fully saturated rings. The molecule has 1 aliphatic rings. The molecular weight excluding hydrogens is 369 g/mol. The zero-order chi connectivity index (χ0) is 18.5. The third kappa shape index (κ3) is 5.40. The molecule has 2 aromatic rings.